The Morgan fingerprint density at radius 2 is 1.78 bits per heavy atom. The van der Waals surface area contributed by atoms with Crippen molar-refractivity contribution in [2.45, 2.75) is 27.0 Å². The maximum absolute atomic E-state index is 5.47. The second-order valence-electron chi connectivity index (χ2n) is 4.53. The van der Waals surface area contributed by atoms with Crippen molar-refractivity contribution in [2.75, 3.05) is 0 Å². The Morgan fingerprint density at radius 1 is 1.00 bits per heavy atom. The number of aryl methyl sites for hydroxylation is 2. The summed E-state index contributed by atoms with van der Waals surface area (Å²) in [5.41, 5.74) is 8.04. The molecule has 2 rings (SSSR count). The highest BCUT2D eigenvalue weighted by molar-refractivity contribution is 5.30. The van der Waals surface area contributed by atoms with E-state index in [1.165, 1.54) is 22.3 Å². The van der Waals surface area contributed by atoms with Gasteiger partial charge in [-0.1, -0.05) is 54.1 Å². The van der Waals surface area contributed by atoms with Gasteiger partial charge < -0.3 is 0 Å². The zero-order valence-corrected chi connectivity index (χ0v) is 10.9. The molecule has 0 unspecified atom stereocenters. The molecule has 0 aliphatic carbocycles. The summed E-state index contributed by atoms with van der Waals surface area (Å²) >= 11 is 0. The van der Waals surface area contributed by atoms with Gasteiger partial charge in [0.15, 0.2) is 0 Å². The lowest BCUT2D eigenvalue weighted by molar-refractivity contribution is 0.0234. The molecule has 0 spiro atoms. The Labute approximate surface area is 109 Å². The molecule has 0 aromatic heterocycles. The van der Waals surface area contributed by atoms with Crippen LogP contribution in [0.1, 0.15) is 22.3 Å². The smallest absolute Gasteiger partial charge is 0.0933 e. The Hall–Kier alpha value is -1.64. The SMILES string of the molecule is Cc1ccc(C)c(CNOCc2ccccc2)c1. The molecule has 2 heteroatoms. The number of hydrogen-bond acceptors (Lipinski definition) is 2. The molecule has 0 fully saturated rings. The topological polar surface area (TPSA) is 21.3 Å². The molecule has 2 aromatic rings. The molecule has 18 heavy (non-hydrogen) atoms. The number of hydroxylamine groups is 1. The van der Waals surface area contributed by atoms with Crippen molar-refractivity contribution < 1.29 is 4.84 Å². The highest BCUT2D eigenvalue weighted by Crippen LogP contribution is 2.10. The Kier molecular flexibility index (Phi) is 4.51. The minimum absolute atomic E-state index is 0.589. The molecule has 0 aliphatic heterocycles. The summed E-state index contributed by atoms with van der Waals surface area (Å²) in [6, 6.07) is 16.6. The van der Waals surface area contributed by atoms with Gasteiger partial charge in [0.1, 0.15) is 0 Å². The van der Waals surface area contributed by atoms with Crippen molar-refractivity contribution >= 4 is 0 Å². The zero-order chi connectivity index (χ0) is 12.8. The molecule has 2 aromatic carbocycles. The summed E-state index contributed by atoms with van der Waals surface area (Å²) in [7, 11) is 0. The van der Waals surface area contributed by atoms with Gasteiger partial charge >= 0.3 is 0 Å². The van der Waals surface area contributed by atoms with Gasteiger partial charge in [-0.3, -0.25) is 4.84 Å². The van der Waals surface area contributed by atoms with Crippen LogP contribution in [0.25, 0.3) is 0 Å². The van der Waals surface area contributed by atoms with Crippen LogP contribution in [-0.4, -0.2) is 0 Å². The van der Waals surface area contributed by atoms with Crippen LogP contribution in [0.4, 0.5) is 0 Å². The van der Waals surface area contributed by atoms with Crippen LogP contribution in [0.3, 0.4) is 0 Å². The Morgan fingerprint density at radius 3 is 2.56 bits per heavy atom. The molecular formula is C16H19NO. The molecule has 1 N–H and O–H groups in total. The second kappa shape index (κ2) is 6.34. The minimum atomic E-state index is 0.589. The summed E-state index contributed by atoms with van der Waals surface area (Å²) in [4.78, 5) is 5.47. The van der Waals surface area contributed by atoms with Gasteiger partial charge in [0, 0.05) is 6.54 Å². The van der Waals surface area contributed by atoms with E-state index in [9.17, 15) is 0 Å². The fourth-order valence-electron chi connectivity index (χ4n) is 1.83. The van der Waals surface area contributed by atoms with Crippen LogP contribution in [0, 0.1) is 13.8 Å². The van der Waals surface area contributed by atoms with Crippen LogP contribution in [0.15, 0.2) is 48.5 Å². The molecule has 0 aliphatic rings. The first-order chi connectivity index (χ1) is 8.75. The van der Waals surface area contributed by atoms with Crippen LogP contribution in [-0.2, 0) is 18.0 Å². The van der Waals surface area contributed by atoms with E-state index in [-0.39, 0.29) is 0 Å². The molecule has 2 nitrogen and oxygen atoms in total. The van der Waals surface area contributed by atoms with Crippen LogP contribution in [0.5, 0.6) is 0 Å². The van der Waals surface area contributed by atoms with Gasteiger partial charge in [-0.25, -0.2) is 0 Å². The molecule has 0 radical (unpaired) electrons. The lowest BCUT2D eigenvalue weighted by atomic mass is 10.1. The van der Waals surface area contributed by atoms with E-state index in [0.717, 1.165) is 6.54 Å². The monoisotopic (exact) mass is 241 g/mol. The highest BCUT2D eigenvalue weighted by atomic mass is 16.6. The van der Waals surface area contributed by atoms with Crippen LogP contribution < -0.4 is 5.48 Å². The first kappa shape index (κ1) is 12.8. The predicted molar refractivity (Wildman–Crippen MR) is 74.0 cm³/mol. The molecular weight excluding hydrogens is 222 g/mol. The third kappa shape index (κ3) is 3.69. The molecule has 0 bridgehead atoms. The van der Waals surface area contributed by atoms with Crippen molar-refractivity contribution in [1.82, 2.24) is 5.48 Å². The first-order valence-electron chi connectivity index (χ1n) is 6.20. The van der Waals surface area contributed by atoms with Gasteiger partial charge in [-0.15, -0.1) is 0 Å². The van der Waals surface area contributed by atoms with E-state index < -0.39 is 0 Å². The number of nitrogens with one attached hydrogen (secondary N) is 1. The summed E-state index contributed by atoms with van der Waals surface area (Å²) < 4.78 is 0. The standard InChI is InChI=1S/C16H19NO/c1-13-8-9-14(2)16(10-13)11-17-18-12-15-6-4-3-5-7-15/h3-10,17H,11-12H2,1-2H3. The van der Waals surface area contributed by atoms with E-state index in [0.29, 0.717) is 6.61 Å². The summed E-state index contributed by atoms with van der Waals surface area (Å²) in [5.74, 6) is 0. The molecule has 0 saturated heterocycles. The fraction of sp³-hybridized carbons (Fsp3) is 0.250. The van der Waals surface area contributed by atoms with Crippen molar-refractivity contribution in [2.24, 2.45) is 0 Å². The van der Waals surface area contributed by atoms with Crippen LogP contribution >= 0.6 is 0 Å². The predicted octanol–water partition coefficient (Wildman–Crippen LogP) is 3.52. The number of benzene rings is 2. The van der Waals surface area contributed by atoms with E-state index in [1.54, 1.807) is 0 Å². The normalized spacial score (nSPS) is 10.6. The van der Waals surface area contributed by atoms with Gasteiger partial charge in [0.2, 0.25) is 0 Å². The Balaban J connectivity index is 1.80. The van der Waals surface area contributed by atoms with Crippen molar-refractivity contribution in [3.8, 4) is 0 Å². The lowest BCUT2D eigenvalue weighted by Crippen LogP contribution is -2.14. The third-order valence-electron chi connectivity index (χ3n) is 2.95. The van der Waals surface area contributed by atoms with E-state index >= 15 is 0 Å². The average Bonchev–Trinajstić information content (AvgIpc) is 2.40. The molecule has 0 amide bonds. The maximum Gasteiger partial charge on any atom is 0.0933 e. The second-order valence-corrected chi connectivity index (χ2v) is 4.53. The average molecular weight is 241 g/mol. The minimum Gasteiger partial charge on any atom is -0.297 e. The summed E-state index contributed by atoms with van der Waals surface area (Å²) in [6.07, 6.45) is 0. The van der Waals surface area contributed by atoms with Crippen molar-refractivity contribution in [3.05, 3.63) is 70.8 Å². The first-order valence-corrected chi connectivity index (χ1v) is 6.20. The van der Waals surface area contributed by atoms with Crippen molar-refractivity contribution in [3.63, 3.8) is 0 Å². The fourth-order valence-corrected chi connectivity index (χ4v) is 1.83. The Bertz CT molecular complexity index is 494. The largest absolute Gasteiger partial charge is 0.297 e. The van der Waals surface area contributed by atoms with E-state index in [2.05, 4.69) is 49.7 Å². The van der Waals surface area contributed by atoms with Crippen LogP contribution in [0.2, 0.25) is 0 Å². The van der Waals surface area contributed by atoms with Crippen molar-refractivity contribution in [1.29, 1.82) is 0 Å². The molecule has 0 saturated carbocycles. The summed E-state index contributed by atoms with van der Waals surface area (Å²) in [5, 5.41) is 0. The van der Waals surface area contributed by atoms with Gasteiger partial charge in [-0.2, -0.15) is 5.48 Å². The molecule has 0 atom stereocenters. The summed E-state index contributed by atoms with van der Waals surface area (Å²) in [6.45, 7) is 5.55. The number of rotatable bonds is 5. The third-order valence-corrected chi connectivity index (χ3v) is 2.95. The highest BCUT2D eigenvalue weighted by Gasteiger charge is 1.98. The maximum atomic E-state index is 5.47. The molecule has 94 valence electrons. The zero-order valence-electron chi connectivity index (χ0n) is 10.9. The van der Waals surface area contributed by atoms with E-state index in [1.807, 2.05) is 18.2 Å². The van der Waals surface area contributed by atoms with E-state index in [4.69, 9.17) is 4.84 Å². The van der Waals surface area contributed by atoms with Gasteiger partial charge in [-0.05, 0) is 30.5 Å². The quantitative estimate of drug-likeness (QED) is 0.638. The van der Waals surface area contributed by atoms with Gasteiger partial charge in [0.05, 0.1) is 6.61 Å². The van der Waals surface area contributed by atoms with Gasteiger partial charge in [0.25, 0.3) is 0 Å². The number of hydrogen-bond donors (Lipinski definition) is 1. The molecule has 0 heterocycles. The lowest BCUT2D eigenvalue weighted by Gasteiger charge is -2.09.